The maximum absolute atomic E-state index is 14.1. The molecule has 7 nitrogen and oxygen atoms in total. The van der Waals surface area contributed by atoms with Gasteiger partial charge in [0.1, 0.15) is 21.5 Å². The second kappa shape index (κ2) is 11.5. The van der Waals surface area contributed by atoms with E-state index in [1.54, 1.807) is 12.1 Å². The summed E-state index contributed by atoms with van der Waals surface area (Å²) in [7, 11) is -2.90. The van der Waals surface area contributed by atoms with Gasteiger partial charge in [0.15, 0.2) is 5.82 Å². The van der Waals surface area contributed by atoms with Crippen LogP contribution in [0, 0.1) is 12.7 Å². The van der Waals surface area contributed by atoms with Gasteiger partial charge in [-0.2, -0.15) is 0 Å². The Labute approximate surface area is 217 Å². The van der Waals surface area contributed by atoms with Gasteiger partial charge < -0.3 is 10.2 Å². The summed E-state index contributed by atoms with van der Waals surface area (Å²) < 4.78 is 36.8. The van der Waals surface area contributed by atoms with E-state index in [4.69, 9.17) is 11.6 Å². The van der Waals surface area contributed by atoms with E-state index in [0.717, 1.165) is 49.7 Å². The predicted molar refractivity (Wildman–Crippen MR) is 144 cm³/mol. The van der Waals surface area contributed by atoms with Crippen molar-refractivity contribution in [2.24, 2.45) is 0 Å². The summed E-state index contributed by atoms with van der Waals surface area (Å²) in [6.07, 6.45) is 1.96. The van der Waals surface area contributed by atoms with Gasteiger partial charge >= 0.3 is 0 Å². The van der Waals surface area contributed by atoms with E-state index < -0.39 is 9.84 Å². The molecule has 1 aliphatic heterocycles. The van der Waals surface area contributed by atoms with Crippen molar-refractivity contribution in [3.05, 3.63) is 70.6 Å². The fraction of sp³-hybridized carbons (Fsp3) is 0.385. The highest BCUT2D eigenvalue weighted by Gasteiger charge is 2.18. The van der Waals surface area contributed by atoms with Crippen LogP contribution in [0.3, 0.4) is 0 Å². The zero-order valence-corrected chi connectivity index (χ0v) is 22.1. The van der Waals surface area contributed by atoms with Gasteiger partial charge in [0, 0.05) is 72.6 Å². The number of sulfone groups is 1. The van der Waals surface area contributed by atoms with Crippen LogP contribution in [0.4, 0.5) is 15.9 Å². The van der Waals surface area contributed by atoms with Crippen molar-refractivity contribution in [2.45, 2.75) is 19.9 Å². The van der Waals surface area contributed by atoms with Gasteiger partial charge in [0.25, 0.3) is 0 Å². The Hall–Kier alpha value is -2.75. The Morgan fingerprint density at radius 3 is 2.42 bits per heavy atom. The van der Waals surface area contributed by atoms with Gasteiger partial charge in [-0.3, -0.25) is 4.90 Å². The maximum Gasteiger partial charge on any atom is 0.161 e. The molecule has 0 radical (unpaired) electrons. The maximum atomic E-state index is 14.1. The monoisotopic (exact) mass is 531 g/mol. The summed E-state index contributed by atoms with van der Waals surface area (Å²) in [5, 5.41) is 3.55. The highest BCUT2D eigenvalue weighted by atomic mass is 35.5. The molecule has 36 heavy (non-hydrogen) atoms. The second-order valence-electron chi connectivity index (χ2n) is 9.17. The first kappa shape index (κ1) is 26.3. The van der Waals surface area contributed by atoms with Crippen molar-refractivity contribution >= 4 is 32.9 Å². The molecule has 0 amide bonds. The van der Waals surface area contributed by atoms with E-state index in [1.807, 2.05) is 25.1 Å². The smallest absolute Gasteiger partial charge is 0.161 e. The molecule has 192 valence electrons. The third-order valence-corrected chi connectivity index (χ3v) is 7.45. The Morgan fingerprint density at radius 1 is 1.03 bits per heavy atom. The number of benzene rings is 2. The van der Waals surface area contributed by atoms with Gasteiger partial charge in [-0.25, -0.2) is 22.8 Å². The molecular weight excluding hydrogens is 501 g/mol. The van der Waals surface area contributed by atoms with Crippen LogP contribution in [-0.2, 0) is 16.4 Å². The highest BCUT2D eigenvalue weighted by Crippen LogP contribution is 2.24. The Morgan fingerprint density at radius 2 is 1.75 bits per heavy atom. The third kappa shape index (κ3) is 7.38. The first-order valence-electron chi connectivity index (χ1n) is 12.0. The molecule has 1 fully saturated rings. The van der Waals surface area contributed by atoms with Crippen molar-refractivity contribution in [3.63, 3.8) is 0 Å². The zero-order valence-electron chi connectivity index (χ0n) is 20.5. The van der Waals surface area contributed by atoms with E-state index in [1.165, 1.54) is 12.3 Å². The second-order valence-corrected chi connectivity index (χ2v) is 11.9. The molecule has 0 unspecified atom stereocenters. The van der Waals surface area contributed by atoms with E-state index >= 15 is 0 Å². The average molecular weight is 532 g/mol. The van der Waals surface area contributed by atoms with Gasteiger partial charge in [-0.1, -0.05) is 17.7 Å². The lowest BCUT2D eigenvalue weighted by atomic mass is 10.1. The predicted octanol–water partition coefficient (Wildman–Crippen LogP) is 4.41. The normalized spacial score (nSPS) is 14.7. The van der Waals surface area contributed by atoms with E-state index in [9.17, 15) is 12.8 Å². The molecule has 0 spiro atoms. The van der Waals surface area contributed by atoms with Crippen molar-refractivity contribution in [3.8, 4) is 11.4 Å². The SMILES string of the molecule is Cc1cc(NCc2ccc(Cl)cc2F)nc(-c2ccc(N3CCN(CCCS(C)(=O)=O)CC3)cc2)n1. The number of nitrogens with zero attached hydrogens (tertiary/aromatic N) is 4. The van der Waals surface area contributed by atoms with Crippen LogP contribution in [0.15, 0.2) is 48.5 Å². The van der Waals surface area contributed by atoms with Crippen molar-refractivity contribution < 1.29 is 12.8 Å². The molecule has 10 heteroatoms. The molecular formula is C26H31ClFN5O2S. The highest BCUT2D eigenvalue weighted by molar-refractivity contribution is 7.90. The van der Waals surface area contributed by atoms with Gasteiger partial charge in [0.2, 0.25) is 0 Å². The van der Waals surface area contributed by atoms with Crippen LogP contribution in [0.5, 0.6) is 0 Å². The first-order chi connectivity index (χ1) is 17.2. The molecule has 4 rings (SSSR count). The third-order valence-electron chi connectivity index (χ3n) is 6.18. The molecule has 0 bridgehead atoms. The molecule has 1 aliphatic rings. The summed E-state index contributed by atoms with van der Waals surface area (Å²) in [6.45, 7) is 6.63. The number of aromatic nitrogens is 2. The lowest BCUT2D eigenvalue weighted by Crippen LogP contribution is -2.46. The van der Waals surface area contributed by atoms with Crippen LogP contribution < -0.4 is 10.2 Å². The minimum Gasteiger partial charge on any atom is -0.369 e. The number of piperazine rings is 1. The number of hydrogen-bond acceptors (Lipinski definition) is 7. The van der Waals surface area contributed by atoms with Crippen molar-refractivity contribution in [1.82, 2.24) is 14.9 Å². The molecule has 1 N–H and O–H groups in total. The summed E-state index contributed by atoms with van der Waals surface area (Å²) in [5.74, 6) is 1.12. The number of rotatable bonds is 9. The number of hydrogen-bond donors (Lipinski definition) is 1. The number of aryl methyl sites for hydroxylation is 1. The summed E-state index contributed by atoms with van der Waals surface area (Å²) in [6, 6.07) is 14.7. The van der Waals surface area contributed by atoms with Crippen LogP contribution in [0.1, 0.15) is 17.7 Å². The number of nitrogens with one attached hydrogen (secondary N) is 1. The Bertz CT molecular complexity index is 1300. The quantitative estimate of drug-likeness (QED) is 0.438. The Balaban J connectivity index is 1.35. The van der Waals surface area contributed by atoms with Gasteiger partial charge in [-0.15, -0.1) is 0 Å². The molecule has 2 aromatic carbocycles. The lowest BCUT2D eigenvalue weighted by molar-refractivity contribution is 0.259. The molecule has 2 heterocycles. The van der Waals surface area contributed by atoms with Crippen molar-refractivity contribution in [2.75, 3.05) is 54.9 Å². The fourth-order valence-corrected chi connectivity index (χ4v) is 5.05. The van der Waals surface area contributed by atoms with Crippen molar-refractivity contribution in [1.29, 1.82) is 0 Å². The molecule has 3 aromatic rings. The summed E-state index contributed by atoms with van der Waals surface area (Å²) in [5.41, 5.74) is 3.37. The standard InChI is InChI=1S/C26H31ClFN5O2S/c1-19-16-25(29-18-21-4-7-22(27)17-24(21)28)31-26(30-19)20-5-8-23(9-6-20)33-13-11-32(12-14-33)10-3-15-36(2,34)35/h4-9,16-17H,3,10-15,18H2,1-2H3,(H,29,30,31). The molecule has 0 aliphatic carbocycles. The first-order valence-corrected chi connectivity index (χ1v) is 14.4. The van der Waals surface area contributed by atoms with E-state index in [2.05, 4.69) is 37.2 Å². The number of halogens is 2. The van der Waals surface area contributed by atoms with E-state index in [-0.39, 0.29) is 18.1 Å². The lowest BCUT2D eigenvalue weighted by Gasteiger charge is -2.36. The van der Waals surface area contributed by atoms with Gasteiger partial charge in [0.05, 0.1) is 5.75 Å². The largest absolute Gasteiger partial charge is 0.369 e. The summed E-state index contributed by atoms with van der Waals surface area (Å²) in [4.78, 5) is 13.9. The molecule has 0 saturated carbocycles. The minimum absolute atomic E-state index is 0.241. The van der Waals surface area contributed by atoms with E-state index in [0.29, 0.717) is 28.6 Å². The molecule has 0 atom stereocenters. The number of anilines is 2. The fourth-order valence-electron chi connectivity index (χ4n) is 4.24. The topological polar surface area (TPSA) is 78.4 Å². The summed E-state index contributed by atoms with van der Waals surface area (Å²) >= 11 is 5.84. The van der Waals surface area contributed by atoms with Crippen LogP contribution >= 0.6 is 11.6 Å². The average Bonchev–Trinajstić information content (AvgIpc) is 2.83. The van der Waals surface area contributed by atoms with Crippen LogP contribution in [-0.4, -0.2) is 68.0 Å². The molecule has 1 saturated heterocycles. The van der Waals surface area contributed by atoms with Crippen LogP contribution in [0.25, 0.3) is 11.4 Å². The van der Waals surface area contributed by atoms with Gasteiger partial charge in [-0.05, 0) is 56.3 Å². The zero-order chi connectivity index (χ0) is 25.7. The van der Waals surface area contributed by atoms with Crippen LogP contribution in [0.2, 0.25) is 5.02 Å². The Kier molecular flexibility index (Phi) is 8.43. The minimum atomic E-state index is -2.90. The molecule has 1 aromatic heterocycles.